The van der Waals surface area contributed by atoms with Crippen molar-refractivity contribution in [2.24, 2.45) is 0 Å². The van der Waals surface area contributed by atoms with Gasteiger partial charge in [-0.3, -0.25) is 0 Å². The van der Waals surface area contributed by atoms with E-state index in [1.165, 1.54) is 76.1 Å². The summed E-state index contributed by atoms with van der Waals surface area (Å²) in [6, 6.07) is 70.7. The first-order chi connectivity index (χ1) is 33.4. The van der Waals surface area contributed by atoms with Gasteiger partial charge in [-0.15, -0.1) is 0 Å². The van der Waals surface area contributed by atoms with E-state index in [4.69, 9.17) is 8.83 Å². The molecule has 0 aliphatic heterocycles. The normalized spacial score (nSPS) is 12.1. The maximum Gasteiger partial charge on any atom is 0.159 e. The molecule has 14 rings (SSSR count). The van der Waals surface area contributed by atoms with Crippen molar-refractivity contribution in [3.63, 3.8) is 0 Å². The first kappa shape index (κ1) is 38.6. The first-order valence-corrected chi connectivity index (χ1v) is 23.5. The van der Waals surface area contributed by atoms with Crippen LogP contribution < -0.4 is 9.80 Å². The smallest absolute Gasteiger partial charge is 0.159 e. The highest BCUT2D eigenvalue weighted by molar-refractivity contribution is 6.29. The van der Waals surface area contributed by atoms with Gasteiger partial charge in [0.05, 0.1) is 34.1 Å². The number of benzene rings is 12. The number of furan rings is 2. The third-order valence-electron chi connectivity index (χ3n) is 14.6. The monoisotopic (exact) mass is 872 g/mol. The van der Waals surface area contributed by atoms with Crippen LogP contribution in [0.3, 0.4) is 0 Å². The number of fused-ring (bicyclic) bond motifs is 10. The first-order valence-electron chi connectivity index (χ1n) is 23.5. The topological polar surface area (TPSA) is 32.8 Å². The number of hydrogen-bond acceptors (Lipinski definition) is 4. The second-order valence-corrected chi connectivity index (χ2v) is 18.6. The van der Waals surface area contributed by atoms with Crippen LogP contribution in [-0.2, 0) is 0 Å². The number of anilines is 6. The zero-order valence-corrected chi connectivity index (χ0v) is 38.2. The number of hydrogen-bond donors (Lipinski definition) is 0. The third kappa shape index (κ3) is 5.43. The molecule has 2 heterocycles. The standard InChI is InChI=1S/C64H44N2O2/c1-37-13-9-14-38(2)61(37)65(53-23-11-21-49-59-45-19-7-5-17-41(45)29-35-55(59)67-63(49)53)51-33-27-43-26-32-48-52(34-28-44-25-31-47(51)57(43)58(44)48)66(62-39(3)15-10-16-40(62)4)54-24-12-22-50-60-46-20-8-6-18-42(46)30-36-56(60)68-64(50)54/h5-36H,1-4H3. The number of rotatable bonds is 6. The summed E-state index contributed by atoms with van der Waals surface area (Å²) in [6.07, 6.45) is 0. The molecular weight excluding hydrogens is 829 g/mol. The van der Waals surface area contributed by atoms with Gasteiger partial charge in [0.25, 0.3) is 0 Å². The maximum atomic E-state index is 6.98. The highest BCUT2D eigenvalue weighted by Crippen LogP contribution is 2.52. The maximum absolute atomic E-state index is 6.98. The molecule has 4 heteroatoms. The highest BCUT2D eigenvalue weighted by atomic mass is 16.3. The van der Waals surface area contributed by atoms with E-state index < -0.39 is 0 Å². The van der Waals surface area contributed by atoms with Crippen LogP contribution in [0.5, 0.6) is 0 Å². The summed E-state index contributed by atoms with van der Waals surface area (Å²) < 4.78 is 14.0. The van der Waals surface area contributed by atoms with E-state index >= 15 is 0 Å². The summed E-state index contributed by atoms with van der Waals surface area (Å²) in [4.78, 5) is 4.92. The van der Waals surface area contributed by atoms with Crippen LogP contribution in [-0.4, -0.2) is 0 Å². The zero-order valence-electron chi connectivity index (χ0n) is 38.2. The predicted molar refractivity (Wildman–Crippen MR) is 288 cm³/mol. The fraction of sp³-hybridized carbons (Fsp3) is 0.0625. The summed E-state index contributed by atoms with van der Waals surface area (Å²) in [5.74, 6) is 0. The molecule has 4 nitrogen and oxygen atoms in total. The quantitative estimate of drug-likeness (QED) is 0.156. The minimum atomic E-state index is 0.867. The Labute approximate surface area is 392 Å². The lowest BCUT2D eigenvalue weighted by Crippen LogP contribution is -2.14. The summed E-state index contributed by atoms with van der Waals surface area (Å²) >= 11 is 0. The van der Waals surface area contributed by atoms with E-state index in [0.29, 0.717) is 0 Å². The molecule has 0 N–H and O–H groups in total. The average molecular weight is 873 g/mol. The van der Waals surface area contributed by atoms with Crippen molar-refractivity contribution in [2.45, 2.75) is 27.7 Å². The van der Waals surface area contributed by atoms with E-state index in [1.807, 2.05) is 0 Å². The molecule has 0 unspecified atom stereocenters. The van der Waals surface area contributed by atoms with Gasteiger partial charge in [-0.1, -0.05) is 158 Å². The Bertz CT molecular complexity index is 4080. The number of nitrogens with zero attached hydrogens (tertiary/aromatic N) is 2. The molecule has 12 aromatic carbocycles. The average Bonchev–Trinajstić information content (AvgIpc) is 3.96. The van der Waals surface area contributed by atoms with Crippen LogP contribution in [0.15, 0.2) is 203 Å². The van der Waals surface area contributed by atoms with Crippen LogP contribution in [0.1, 0.15) is 22.3 Å². The molecule has 68 heavy (non-hydrogen) atoms. The molecule has 2 aromatic heterocycles. The molecule has 0 atom stereocenters. The Kier molecular flexibility index (Phi) is 8.21. The van der Waals surface area contributed by atoms with E-state index in [-0.39, 0.29) is 0 Å². The van der Waals surface area contributed by atoms with E-state index in [9.17, 15) is 0 Å². The summed E-state index contributed by atoms with van der Waals surface area (Å²) in [6.45, 7) is 8.88. The van der Waals surface area contributed by atoms with Crippen LogP contribution >= 0.6 is 0 Å². The Morgan fingerprint density at radius 1 is 0.265 bits per heavy atom. The molecule has 0 fully saturated rings. The summed E-state index contributed by atoms with van der Waals surface area (Å²) in [7, 11) is 0. The van der Waals surface area contributed by atoms with Gasteiger partial charge in [0.15, 0.2) is 11.2 Å². The van der Waals surface area contributed by atoms with Crippen molar-refractivity contribution in [1.82, 2.24) is 0 Å². The molecule has 322 valence electrons. The van der Waals surface area contributed by atoms with Crippen molar-refractivity contribution in [2.75, 3.05) is 9.80 Å². The second-order valence-electron chi connectivity index (χ2n) is 18.6. The van der Waals surface area contributed by atoms with Crippen molar-refractivity contribution in [3.8, 4) is 0 Å². The van der Waals surface area contributed by atoms with Gasteiger partial charge in [0.1, 0.15) is 11.2 Å². The van der Waals surface area contributed by atoms with Gasteiger partial charge in [0.2, 0.25) is 0 Å². The van der Waals surface area contributed by atoms with E-state index in [0.717, 1.165) is 78.0 Å². The van der Waals surface area contributed by atoms with Crippen molar-refractivity contribution >= 4 is 132 Å². The molecule has 0 amide bonds. The predicted octanol–water partition coefficient (Wildman–Crippen LogP) is 18.9. The van der Waals surface area contributed by atoms with Crippen LogP contribution in [0.4, 0.5) is 34.1 Å². The fourth-order valence-electron chi connectivity index (χ4n) is 11.7. The molecule has 0 spiro atoms. The molecule has 14 aromatic rings. The lowest BCUT2D eigenvalue weighted by Gasteiger charge is -2.31. The SMILES string of the molecule is Cc1cccc(C)c1N(c1ccc2ccc3c(N(c4c(C)cccc4C)c4cccc5c4oc4ccc6ccccc6c45)ccc4ccc1c2c43)c1cccc2c1oc1ccc3ccccc3c12. The Morgan fingerprint density at radius 3 is 1.07 bits per heavy atom. The number of aryl methyl sites for hydroxylation is 4. The minimum Gasteiger partial charge on any atom is -0.454 e. The van der Waals surface area contributed by atoms with Crippen molar-refractivity contribution < 1.29 is 8.83 Å². The molecule has 0 radical (unpaired) electrons. The molecule has 0 saturated carbocycles. The lowest BCUT2D eigenvalue weighted by molar-refractivity contribution is 0.669. The van der Waals surface area contributed by atoms with Gasteiger partial charge in [-0.05, 0) is 129 Å². The lowest BCUT2D eigenvalue weighted by atomic mass is 9.91. The Morgan fingerprint density at radius 2 is 0.632 bits per heavy atom. The Balaban J connectivity index is 1.05. The fourth-order valence-corrected chi connectivity index (χ4v) is 11.7. The molecule has 0 aliphatic carbocycles. The van der Waals surface area contributed by atoms with Crippen LogP contribution in [0, 0.1) is 27.7 Å². The minimum absolute atomic E-state index is 0.867. The van der Waals surface area contributed by atoms with Gasteiger partial charge >= 0.3 is 0 Å². The van der Waals surface area contributed by atoms with Gasteiger partial charge in [-0.25, -0.2) is 0 Å². The summed E-state index contributed by atoms with van der Waals surface area (Å²) in [5.41, 5.74) is 14.8. The molecular formula is C64H44N2O2. The van der Waals surface area contributed by atoms with E-state index in [2.05, 4.69) is 232 Å². The second kappa shape index (κ2) is 14.4. The third-order valence-corrected chi connectivity index (χ3v) is 14.6. The summed E-state index contributed by atoms with van der Waals surface area (Å²) in [5, 5.41) is 16.5. The van der Waals surface area contributed by atoms with Crippen LogP contribution in [0.2, 0.25) is 0 Å². The van der Waals surface area contributed by atoms with Crippen molar-refractivity contribution in [3.05, 3.63) is 216 Å². The van der Waals surface area contributed by atoms with Gasteiger partial charge < -0.3 is 18.6 Å². The van der Waals surface area contributed by atoms with Crippen LogP contribution in [0.25, 0.3) is 97.7 Å². The largest absolute Gasteiger partial charge is 0.454 e. The van der Waals surface area contributed by atoms with Gasteiger partial charge in [-0.2, -0.15) is 0 Å². The Hall–Kier alpha value is -8.60. The van der Waals surface area contributed by atoms with E-state index in [1.54, 1.807) is 0 Å². The zero-order chi connectivity index (χ0) is 45.4. The van der Waals surface area contributed by atoms with Gasteiger partial charge in [0, 0.05) is 32.3 Å². The highest BCUT2D eigenvalue weighted by Gasteiger charge is 2.28. The molecule has 0 bridgehead atoms. The molecule has 0 aliphatic rings. The molecule has 0 saturated heterocycles. The number of para-hydroxylation sites is 4. The van der Waals surface area contributed by atoms with Crippen molar-refractivity contribution in [1.29, 1.82) is 0 Å².